The molecule has 5 rings (SSSR count). The molecule has 0 fully saturated rings. The van der Waals surface area contributed by atoms with E-state index in [-0.39, 0.29) is 17.5 Å². The van der Waals surface area contributed by atoms with E-state index in [0.717, 1.165) is 22.3 Å². The Morgan fingerprint density at radius 2 is 1.84 bits per heavy atom. The van der Waals surface area contributed by atoms with Gasteiger partial charge >= 0.3 is 0 Å². The Hall–Kier alpha value is -3.72. The van der Waals surface area contributed by atoms with E-state index in [9.17, 15) is 9.18 Å². The number of nitrogens with one attached hydrogen (secondary N) is 1. The lowest BCUT2D eigenvalue weighted by atomic mass is 10.1. The maximum Gasteiger partial charge on any atom is 0.234 e. The van der Waals surface area contributed by atoms with Gasteiger partial charge in [0.15, 0.2) is 10.8 Å². The van der Waals surface area contributed by atoms with Crippen LogP contribution in [0.1, 0.15) is 5.56 Å². The van der Waals surface area contributed by atoms with Crippen LogP contribution in [-0.4, -0.2) is 35.9 Å². The van der Waals surface area contributed by atoms with Crippen LogP contribution in [-0.2, 0) is 4.79 Å². The first-order valence-corrected chi connectivity index (χ1v) is 10.5. The molecule has 0 spiro atoms. The molecule has 9 heteroatoms. The zero-order valence-electron chi connectivity index (χ0n) is 16.5. The van der Waals surface area contributed by atoms with Crippen LogP contribution in [0.3, 0.4) is 0 Å². The van der Waals surface area contributed by atoms with Gasteiger partial charge in [-0.2, -0.15) is 5.10 Å². The number of hydrogen-bond acceptors (Lipinski definition) is 5. The summed E-state index contributed by atoms with van der Waals surface area (Å²) in [7, 11) is 0. The summed E-state index contributed by atoms with van der Waals surface area (Å²) in [6, 6.07) is 15.7. The summed E-state index contributed by atoms with van der Waals surface area (Å²) in [5.41, 5.74) is 4.82. The lowest BCUT2D eigenvalue weighted by molar-refractivity contribution is -0.113. The first-order valence-electron chi connectivity index (χ1n) is 9.55. The molecule has 3 heterocycles. The number of anilines is 1. The minimum absolute atomic E-state index is 0.116. The fourth-order valence-electron chi connectivity index (χ4n) is 3.22. The Morgan fingerprint density at radius 1 is 1.06 bits per heavy atom. The SMILES string of the molecule is Cc1ccc(NC(=O)CSc2nnc3c4cc(-c5ccc(F)cc5)nn4ccn23)cc1. The van der Waals surface area contributed by atoms with Crippen LogP contribution in [0, 0.1) is 12.7 Å². The molecule has 0 bridgehead atoms. The maximum absolute atomic E-state index is 13.2. The van der Waals surface area contributed by atoms with Gasteiger partial charge in [-0.15, -0.1) is 10.2 Å². The minimum atomic E-state index is -0.291. The summed E-state index contributed by atoms with van der Waals surface area (Å²) >= 11 is 1.31. The number of halogens is 1. The number of hydrogen-bond donors (Lipinski definition) is 1. The first-order chi connectivity index (χ1) is 15.1. The van der Waals surface area contributed by atoms with Gasteiger partial charge in [-0.3, -0.25) is 9.20 Å². The fraction of sp³-hybridized carbons (Fsp3) is 0.0909. The number of aryl methyl sites for hydroxylation is 1. The van der Waals surface area contributed by atoms with Crippen LogP contribution in [0.25, 0.3) is 22.4 Å². The van der Waals surface area contributed by atoms with Gasteiger partial charge in [0, 0.05) is 23.6 Å². The van der Waals surface area contributed by atoms with Gasteiger partial charge in [0.25, 0.3) is 0 Å². The van der Waals surface area contributed by atoms with Gasteiger partial charge in [-0.1, -0.05) is 29.5 Å². The Bertz CT molecular complexity index is 1390. The number of nitrogens with zero attached hydrogens (tertiary/aromatic N) is 5. The van der Waals surface area contributed by atoms with Crippen molar-refractivity contribution in [3.05, 3.63) is 78.4 Å². The predicted octanol–water partition coefficient (Wildman–Crippen LogP) is 4.22. The average Bonchev–Trinajstić information content (AvgIpc) is 3.38. The highest BCUT2D eigenvalue weighted by Crippen LogP contribution is 2.24. The Balaban J connectivity index is 1.36. The van der Waals surface area contributed by atoms with E-state index >= 15 is 0 Å². The molecular weight excluding hydrogens is 415 g/mol. The predicted molar refractivity (Wildman–Crippen MR) is 118 cm³/mol. The van der Waals surface area contributed by atoms with E-state index in [1.54, 1.807) is 22.8 Å². The van der Waals surface area contributed by atoms with Crippen LogP contribution in [0.4, 0.5) is 10.1 Å². The maximum atomic E-state index is 13.2. The summed E-state index contributed by atoms with van der Waals surface area (Å²) in [5.74, 6) is -0.199. The van der Waals surface area contributed by atoms with E-state index < -0.39 is 0 Å². The normalized spacial score (nSPS) is 11.3. The largest absolute Gasteiger partial charge is 0.325 e. The van der Waals surface area contributed by atoms with Crippen molar-refractivity contribution in [2.24, 2.45) is 0 Å². The molecule has 3 aromatic heterocycles. The minimum Gasteiger partial charge on any atom is -0.325 e. The molecule has 7 nitrogen and oxygen atoms in total. The molecule has 0 aliphatic heterocycles. The molecule has 0 aliphatic carbocycles. The van der Waals surface area contributed by atoms with Gasteiger partial charge in [0.2, 0.25) is 5.91 Å². The fourth-order valence-corrected chi connectivity index (χ4v) is 3.93. The van der Waals surface area contributed by atoms with E-state index in [1.165, 1.54) is 23.9 Å². The third kappa shape index (κ3) is 3.87. The zero-order chi connectivity index (χ0) is 21.4. The van der Waals surface area contributed by atoms with Gasteiger partial charge < -0.3 is 5.32 Å². The summed E-state index contributed by atoms with van der Waals surface area (Å²) in [5, 5.41) is 16.5. The number of rotatable bonds is 5. The Kier molecular flexibility index (Phi) is 4.87. The highest BCUT2D eigenvalue weighted by atomic mass is 32.2. The van der Waals surface area contributed by atoms with E-state index in [2.05, 4.69) is 20.6 Å². The lowest BCUT2D eigenvalue weighted by Gasteiger charge is -2.05. The quantitative estimate of drug-likeness (QED) is 0.421. The Morgan fingerprint density at radius 3 is 2.61 bits per heavy atom. The van der Waals surface area contributed by atoms with E-state index in [0.29, 0.717) is 16.5 Å². The number of fused-ring (bicyclic) bond motifs is 3. The lowest BCUT2D eigenvalue weighted by Crippen LogP contribution is -2.14. The van der Waals surface area contributed by atoms with Gasteiger partial charge in [-0.05, 0) is 49.4 Å². The van der Waals surface area contributed by atoms with Crippen molar-refractivity contribution < 1.29 is 9.18 Å². The second-order valence-corrected chi connectivity index (χ2v) is 7.99. The van der Waals surface area contributed by atoms with E-state index in [1.807, 2.05) is 47.9 Å². The zero-order valence-corrected chi connectivity index (χ0v) is 17.3. The topological polar surface area (TPSA) is 76.6 Å². The number of benzene rings is 2. The molecule has 0 saturated carbocycles. The monoisotopic (exact) mass is 432 g/mol. The van der Waals surface area contributed by atoms with Crippen LogP contribution < -0.4 is 5.32 Å². The van der Waals surface area contributed by atoms with Gasteiger partial charge in [-0.25, -0.2) is 8.91 Å². The molecular formula is C22H17FN6OS. The molecule has 0 radical (unpaired) electrons. The number of carbonyl (C=O) groups is 1. The van der Waals surface area contributed by atoms with Crippen molar-refractivity contribution in [1.29, 1.82) is 0 Å². The van der Waals surface area contributed by atoms with Crippen molar-refractivity contribution in [1.82, 2.24) is 24.2 Å². The smallest absolute Gasteiger partial charge is 0.234 e. The van der Waals surface area contributed by atoms with Crippen LogP contribution in [0.5, 0.6) is 0 Å². The Labute approximate surface area is 180 Å². The van der Waals surface area contributed by atoms with Crippen LogP contribution >= 0.6 is 11.8 Å². The van der Waals surface area contributed by atoms with Crippen LogP contribution in [0.2, 0.25) is 0 Å². The van der Waals surface area contributed by atoms with Crippen LogP contribution in [0.15, 0.2) is 72.1 Å². The second-order valence-electron chi connectivity index (χ2n) is 7.04. The van der Waals surface area contributed by atoms with Crippen molar-refractivity contribution in [2.45, 2.75) is 12.1 Å². The third-order valence-electron chi connectivity index (χ3n) is 4.79. The molecule has 31 heavy (non-hydrogen) atoms. The number of thioether (sulfide) groups is 1. The molecule has 1 amide bonds. The summed E-state index contributed by atoms with van der Waals surface area (Å²) in [4.78, 5) is 12.3. The van der Waals surface area contributed by atoms with Crippen molar-refractivity contribution >= 4 is 34.5 Å². The van der Waals surface area contributed by atoms with Crippen molar-refractivity contribution in [2.75, 3.05) is 11.1 Å². The third-order valence-corrected chi connectivity index (χ3v) is 5.74. The molecule has 0 aliphatic rings. The van der Waals surface area contributed by atoms with E-state index in [4.69, 9.17) is 0 Å². The summed E-state index contributed by atoms with van der Waals surface area (Å²) in [6.45, 7) is 2.00. The molecule has 0 unspecified atom stereocenters. The molecule has 2 aromatic carbocycles. The number of amides is 1. The van der Waals surface area contributed by atoms with Crippen molar-refractivity contribution in [3.8, 4) is 11.3 Å². The highest BCUT2D eigenvalue weighted by Gasteiger charge is 2.14. The number of aromatic nitrogens is 5. The van der Waals surface area contributed by atoms with Gasteiger partial charge in [0.1, 0.15) is 11.3 Å². The van der Waals surface area contributed by atoms with Crippen molar-refractivity contribution in [3.63, 3.8) is 0 Å². The summed E-state index contributed by atoms with van der Waals surface area (Å²) < 4.78 is 16.7. The molecule has 0 atom stereocenters. The molecule has 0 saturated heterocycles. The standard InChI is InChI=1S/C22H17FN6OS/c1-14-2-8-17(9-3-14)24-20(30)13-31-22-26-25-21-19-12-18(15-4-6-16(23)7-5-15)27-29(19)11-10-28(21)22/h2-12H,13H2,1H3,(H,24,30). The number of carbonyl (C=O) groups excluding carboxylic acids is 1. The average molecular weight is 432 g/mol. The molecule has 154 valence electrons. The van der Waals surface area contributed by atoms with Gasteiger partial charge in [0.05, 0.1) is 11.4 Å². The molecule has 1 N–H and O–H groups in total. The summed E-state index contributed by atoms with van der Waals surface area (Å²) in [6.07, 6.45) is 3.61. The molecule has 5 aromatic rings. The highest BCUT2D eigenvalue weighted by molar-refractivity contribution is 7.99. The first kappa shape index (κ1) is 19.3. The second kappa shape index (κ2) is 7.84.